The van der Waals surface area contributed by atoms with Crippen LogP contribution in [-0.4, -0.2) is 9.97 Å². The Morgan fingerprint density at radius 2 is 0.844 bits per heavy atom. The van der Waals surface area contributed by atoms with Crippen molar-refractivity contribution < 1.29 is 0 Å². The molecule has 210 valence electrons. The van der Waals surface area contributed by atoms with Crippen molar-refractivity contribution in [2.45, 2.75) is 5.41 Å². The van der Waals surface area contributed by atoms with E-state index in [0.717, 1.165) is 28.1 Å². The van der Waals surface area contributed by atoms with Crippen LogP contribution >= 0.6 is 0 Å². The summed E-state index contributed by atoms with van der Waals surface area (Å²) in [5.41, 5.74) is 14.6. The highest BCUT2D eigenvalue weighted by Gasteiger charge is 2.48. The summed E-state index contributed by atoms with van der Waals surface area (Å²) in [6, 6.07) is 56.3. The predicted molar refractivity (Wildman–Crippen MR) is 185 cm³/mol. The molecule has 1 aromatic heterocycles. The van der Waals surface area contributed by atoms with Gasteiger partial charge < -0.3 is 0 Å². The molecule has 0 saturated heterocycles. The standard InChI is InChI=1S/C43H28N2/c1-3-14-31(15-4-1)40-28-41(32-16-5-2-6-17-32)45-42(44-40)33-26-25-30-24-23-29-13-7-10-20-36(29)43(39(30)27-33)37-21-11-8-18-34(37)35-19-9-12-22-38(35)43/h1-28H. The lowest BCUT2D eigenvalue weighted by Crippen LogP contribution is -2.30. The Morgan fingerprint density at radius 1 is 0.356 bits per heavy atom. The van der Waals surface area contributed by atoms with Gasteiger partial charge in [-0.25, -0.2) is 9.97 Å². The molecule has 0 fully saturated rings. The molecule has 0 unspecified atom stereocenters. The maximum atomic E-state index is 5.19. The predicted octanol–water partition coefficient (Wildman–Crippen LogP) is 10.3. The van der Waals surface area contributed by atoms with Crippen LogP contribution in [0, 0.1) is 0 Å². The first kappa shape index (κ1) is 25.6. The number of hydrogen-bond donors (Lipinski definition) is 0. The molecule has 0 aliphatic heterocycles. The van der Waals surface area contributed by atoms with Gasteiger partial charge in [0, 0.05) is 16.7 Å². The summed E-state index contributed by atoms with van der Waals surface area (Å²) in [4.78, 5) is 10.4. The summed E-state index contributed by atoms with van der Waals surface area (Å²) in [5, 5.41) is 0. The zero-order valence-corrected chi connectivity index (χ0v) is 24.6. The molecule has 1 heterocycles. The second-order valence-corrected chi connectivity index (χ2v) is 11.8. The van der Waals surface area contributed by atoms with Crippen LogP contribution in [-0.2, 0) is 5.41 Å². The van der Waals surface area contributed by atoms with Gasteiger partial charge in [0.15, 0.2) is 5.82 Å². The SMILES string of the molecule is C1=Cc2ccc(-c3nc(-c4ccccc4)cc(-c4ccccc4)n3)cc2C2(c3ccccc31)c1ccccc1-c1ccccc12. The normalized spacial score (nSPS) is 13.4. The second kappa shape index (κ2) is 10.1. The van der Waals surface area contributed by atoms with Crippen molar-refractivity contribution >= 4 is 12.2 Å². The number of fused-ring (bicyclic) bond motifs is 9. The molecule has 2 nitrogen and oxygen atoms in total. The zero-order valence-electron chi connectivity index (χ0n) is 24.6. The van der Waals surface area contributed by atoms with Crippen molar-refractivity contribution in [1.29, 1.82) is 0 Å². The molecule has 45 heavy (non-hydrogen) atoms. The molecule has 2 heteroatoms. The van der Waals surface area contributed by atoms with E-state index in [1.54, 1.807) is 0 Å². The van der Waals surface area contributed by atoms with Crippen molar-refractivity contribution in [3.63, 3.8) is 0 Å². The molecule has 7 aromatic rings. The fraction of sp³-hybridized carbons (Fsp3) is 0.0233. The minimum absolute atomic E-state index is 0.488. The summed E-state index contributed by atoms with van der Waals surface area (Å²) in [7, 11) is 0. The first-order valence-corrected chi connectivity index (χ1v) is 15.4. The third-order valence-electron chi connectivity index (χ3n) is 9.34. The third-order valence-corrected chi connectivity index (χ3v) is 9.34. The van der Waals surface area contributed by atoms with E-state index in [0.29, 0.717) is 5.82 Å². The van der Waals surface area contributed by atoms with Gasteiger partial charge in [-0.3, -0.25) is 0 Å². The Morgan fingerprint density at radius 3 is 1.44 bits per heavy atom. The Kier molecular flexibility index (Phi) is 5.76. The molecule has 0 amide bonds. The number of rotatable bonds is 3. The van der Waals surface area contributed by atoms with Gasteiger partial charge in [-0.1, -0.05) is 158 Å². The Hall–Kier alpha value is -5.86. The lowest BCUT2D eigenvalue weighted by molar-refractivity contribution is 0.766. The molecule has 0 radical (unpaired) electrons. The summed E-state index contributed by atoms with van der Waals surface area (Å²) in [6.07, 6.45) is 4.54. The molecule has 0 bridgehead atoms. The van der Waals surface area contributed by atoms with Crippen LogP contribution in [0.3, 0.4) is 0 Å². The summed E-state index contributed by atoms with van der Waals surface area (Å²) >= 11 is 0. The highest BCUT2D eigenvalue weighted by molar-refractivity contribution is 5.92. The minimum Gasteiger partial charge on any atom is -0.228 e. The monoisotopic (exact) mass is 572 g/mol. The van der Waals surface area contributed by atoms with Crippen LogP contribution in [0.2, 0.25) is 0 Å². The molecular weight excluding hydrogens is 544 g/mol. The smallest absolute Gasteiger partial charge is 0.160 e. The van der Waals surface area contributed by atoms with Crippen LogP contribution in [0.15, 0.2) is 158 Å². The average Bonchev–Trinajstić information content (AvgIpc) is 3.33. The van der Waals surface area contributed by atoms with E-state index in [1.165, 1.54) is 44.5 Å². The number of aromatic nitrogens is 2. The molecule has 0 atom stereocenters. The van der Waals surface area contributed by atoms with Gasteiger partial charge in [-0.2, -0.15) is 0 Å². The number of nitrogens with zero attached hydrogens (tertiary/aromatic N) is 2. The van der Waals surface area contributed by atoms with Gasteiger partial charge >= 0.3 is 0 Å². The third kappa shape index (κ3) is 3.89. The summed E-state index contributed by atoms with van der Waals surface area (Å²) < 4.78 is 0. The van der Waals surface area contributed by atoms with Crippen LogP contribution < -0.4 is 0 Å². The van der Waals surface area contributed by atoms with Gasteiger partial charge in [-0.05, 0) is 56.6 Å². The molecule has 9 rings (SSSR count). The fourth-order valence-corrected chi connectivity index (χ4v) is 7.38. The van der Waals surface area contributed by atoms with E-state index in [-0.39, 0.29) is 0 Å². The van der Waals surface area contributed by atoms with E-state index < -0.39 is 5.41 Å². The average molecular weight is 573 g/mol. The van der Waals surface area contributed by atoms with E-state index >= 15 is 0 Å². The lowest BCUT2D eigenvalue weighted by Gasteiger charge is -2.35. The molecule has 0 saturated carbocycles. The number of hydrogen-bond acceptors (Lipinski definition) is 2. The fourth-order valence-electron chi connectivity index (χ4n) is 7.38. The molecule has 6 aromatic carbocycles. The van der Waals surface area contributed by atoms with Gasteiger partial charge in [0.25, 0.3) is 0 Å². The lowest BCUT2D eigenvalue weighted by atomic mass is 9.66. The first-order chi connectivity index (χ1) is 22.3. The van der Waals surface area contributed by atoms with Gasteiger partial charge in [0.2, 0.25) is 0 Å². The quantitative estimate of drug-likeness (QED) is 0.210. The maximum absolute atomic E-state index is 5.19. The van der Waals surface area contributed by atoms with Crippen molar-refractivity contribution in [1.82, 2.24) is 9.97 Å². The topological polar surface area (TPSA) is 25.8 Å². The van der Waals surface area contributed by atoms with Gasteiger partial charge in [0.1, 0.15) is 0 Å². The van der Waals surface area contributed by atoms with Crippen molar-refractivity contribution in [3.05, 3.63) is 191 Å². The zero-order chi connectivity index (χ0) is 29.8. The molecule has 2 aliphatic carbocycles. The van der Waals surface area contributed by atoms with Gasteiger partial charge in [-0.15, -0.1) is 0 Å². The number of benzene rings is 6. The Balaban J connectivity index is 1.34. The van der Waals surface area contributed by atoms with Crippen LogP contribution in [0.25, 0.3) is 57.2 Å². The Bertz CT molecular complexity index is 2160. The highest BCUT2D eigenvalue weighted by Crippen LogP contribution is 2.58. The van der Waals surface area contributed by atoms with Crippen molar-refractivity contribution in [2.75, 3.05) is 0 Å². The molecule has 0 N–H and O–H groups in total. The minimum atomic E-state index is -0.488. The van der Waals surface area contributed by atoms with Crippen molar-refractivity contribution in [3.8, 4) is 45.0 Å². The Labute approximate surface area is 263 Å². The van der Waals surface area contributed by atoms with Gasteiger partial charge in [0.05, 0.1) is 16.8 Å². The summed E-state index contributed by atoms with van der Waals surface area (Å²) in [6.45, 7) is 0. The van der Waals surface area contributed by atoms with E-state index in [1.807, 2.05) is 12.1 Å². The van der Waals surface area contributed by atoms with Crippen molar-refractivity contribution in [2.24, 2.45) is 0 Å². The highest BCUT2D eigenvalue weighted by atomic mass is 14.9. The van der Waals surface area contributed by atoms with E-state index in [9.17, 15) is 0 Å². The molecular formula is C43H28N2. The van der Waals surface area contributed by atoms with E-state index in [2.05, 4.69) is 158 Å². The second-order valence-electron chi connectivity index (χ2n) is 11.8. The van der Waals surface area contributed by atoms with Crippen LogP contribution in [0.5, 0.6) is 0 Å². The largest absolute Gasteiger partial charge is 0.228 e. The van der Waals surface area contributed by atoms with E-state index in [4.69, 9.17) is 9.97 Å². The summed E-state index contributed by atoms with van der Waals surface area (Å²) in [5.74, 6) is 0.717. The van der Waals surface area contributed by atoms with Crippen LogP contribution in [0.1, 0.15) is 33.4 Å². The molecule has 1 spiro atoms. The maximum Gasteiger partial charge on any atom is 0.160 e. The first-order valence-electron chi connectivity index (χ1n) is 15.4. The molecule has 2 aliphatic rings. The van der Waals surface area contributed by atoms with Crippen LogP contribution in [0.4, 0.5) is 0 Å².